The van der Waals surface area contributed by atoms with Crippen LogP contribution in [0, 0.1) is 0 Å². The Morgan fingerprint density at radius 2 is 1.20 bits per heavy atom. The first-order valence-corrected chi connectivity index (χ1v) is 11.3. The molecule has 11 nitrogen and oxygen atoms in total. The summed E-state index contributed by atoms with van der Waals surface area (Å²) in [5.74, 6) is -4.64. The quantitative estimate of drug-likeness (QED) is 0.0624. The molecule has 0 bridgehead atoms. The molecule has 0 heterocycles. The predicted octanol–water partition coefficient (Wildman–Crippen LogP) is 1.66. The highest BCUT2D eigenvalue weighted by Crippen LogP contribution is 2.49. The van der Waals surface area contributed by atoms with Crippen molar-refractivity contribution in [3.63, 3.8) is 0 Å². The minimum Gasteiger partial charge on any atom is -0.457 e. The SMILES string of the molecule is CCCCOCCOP(=O)(OCCOCCCC)OCCOC(=O)C(=O)C(=O)C=O. The van der Waals surface area contributed by atoms with Gasteiger partial charge in [0.25, 0.3) is 5.78 Å². The summed E-state index contributed by atoms with van der Waals surface area (Å²) in [5.41, 5.74) is 0. The smallest absolute Gasteiger partial charge is 0.457 e. The maximum atomic E-state index is 12.6. The second-order valence-corrected chi connectivity index (χ2v) is 7.49. The van der Waals surface area contributed by atoms with Gasteiger partial charge in [-0.2, -0.15) is 0 Å². The second-order valence-electron chi connectivity index (χ2n) is 5.83. The summed E-state index contributed by atoms with van der Waals surface area (Å²) in [4.78, 5) is 43.4. The van der Waals surface area contributed by atoms with Gasteiger partial charge in [0, 0.05) is 13.2 Å². The van der Waals surface area contributed by atoms with Crippen molar-refractivity contribution in [3.05, 3.63) is 0 Å². The van der Waals surface area contributed by atoms with Crippen molar-refractivity contribution >= 4 is 31.6 Å². The zero-order chi connectivity index (χ0) is 22.7. The van der Waals surface area contributed by atoms with E-state index in [2.05, 4.69) is 4.74 Å². The molecule has 174 valence electrons. The van der Waals surface area contributed by atoms with Gasteiger partial charge in [-0.25, -0.2) is 9.36 Å². The van der Waals surface area contributed by atoms with E-state index in [9.17, 15) is 23.7 Å². The van der Waals surface area contributed by atoms with E-state index in [4.69, 9.17) is 23.0 Å². The lowest BCUT2D eigenvalue weighted by Crippen LogP contribution is -2.27. The third kappa shape index (κ3) is 14.5. The molecule has 0 spiro atoms. The molecule has 0 aromatic carbocycles. The summed E-state index contributed by atoms with van der Waals surface area (Å²) in [6.45, 7) is 4.45. The molecule has 30 heavy (non-hydrogen) atoms. The lowest BCUT2D eigenvalue weighted by Gasteiger charge is -2.18. The zero-order valence-corrected chi connectivity index (χ0v) is 18.4. The van der Waals surface area contributed by atoms with Gasteiger partial charge in [-0.15, -0.1) is 0 Å². The van der Waals surface area contributed by atoms with Crippen molar-refractivity contribution in [2.75, 3.05) is 52.9 Å². The highest BCUT2D eigenvalue weighted by atomic mass is 31.2. The third-order valence-electron chi connectivity index (χ3n) is 3.32. The fraction of sp³-hybridized carbons (Fsp3) is 0.778. The molecule has 0 aliphatic carbocycles. The van der Waals surface area contributed by atoms with E-state index in [0.29, 0.717) is 13.2 Å². The monoisotopic (exact) mass is 454 g/mol. The van der Waals surface area contributed by atoms with E-state index >= 15 is 0 Å². The van der Waals surface area contributed by atoms with Crippen LogP contribution in [0.5, 0.6) is 0 Å². The first kappa shape index (κ1) is 28.5. The minimum absolute atomic E-state index is 0.0518. The standard InChI is InChI=1S/C18H31O11P/c1-3-5-7-24-9-12-27-30(23,28-13-10-25-8-6-4-2)29-14-11-26-18(22)17(21)16(20)15-19/h15H,3-14H2,1-2H3. The molecule has 0 unspecified atom stereocenters. The Morgan fingerprint density at radius 1 is 0.733 bits per heavy atom. The van der Waals surface area contributed by atoms with E-state index in [0.717, 1.165) is 25.7 Å². The Morgan fingerprint density at radius 3 is 1.63 bits per heavy atom. The number of carbonyl (C=O) groups is 4. The molecule has 0 aromatic heterocycles. The lowest BCUT2D eigenvalue weighted by atomic mass is 10.3. The highest BCUT2D eigenvalue weighted by molar-refractivity contribution is 7.48. The summed E-state index contributed by atoms with van der Waals surface area (Å²) >= 11 is 0. The van der Waals surface area contributed by atoms with Gasteiger partial charge in [-0.3, -0.25) is 28.0 Å². The van der Waals surface area contributed by atoms with E-state index < -0.39 is 38.6 Å². The molecule has 0 fully saturated rings. The fourth-order valence-electron chi connectivity index (χ4n) is 1.73. The van der Waals surface area contributed by atoms with Crippen LogP contribution in [0.3, 0.4) is 0 Å². The number of phosphoric acid groups is 1. The first-order valence-electron chi connectivity index (χ1n) is 9.79. The van der Waals surface area contributed by atoms with E-state index in [-0.39, 0.29) is 32.7 Å². The number of aldehydes is 1. The van der Waals surface area contributed by atoms with Crippen LogP contribution in [-0.4, -0.2) is 76.7 Å². The van der Waals surface area contributed by atoms with Crippen LogP contribution < -0.4 is 0 Å². The molecular formula is C18H31O11P. The Kier molecular flexibility index (Phi) is 17.4. The van der Waals surface area contributed by atoms with E-state index in [1.165, 1.54) is 0 Å². The first-order chi connectivity index (χ1) is 14.4. The molecular weight excluding hydrogens is 423 g/mol. The van der Waals surface area contributed by atoms with Crippen LogP contribution in [0.15, 0.2) is 0 Å². The number of ketones is 2. The second kappa shape index (κ2) is 18.3. The topological polar surface area (TPSA) is 141 Å². The Hall–Kier alpha value is -1.49. The average molecular weight is 454 g/mol. The molecule has 0 radical (unpaired) electrons. The number of phosphoric ester groups is 1. The number of ether oxygens (including phenoxy) is 3. The molecule has 0 saturated carbocycles. The zero-order valence-electron chi connectivity index (χ0n) is 17.5. The van der Waals surface area contributed by atoms with Gasteiger partial charge in [0.2, 0.25) is 0 Å². The molecule has 0 atom stereocenters. The fourth-order valence-corrected chi connectivity index (χ4v) is 2.85. The maximum Gasteiger partial charge on any atom is 0.475 e. The van der Waals surface area contributed by atoms with Crippen molar-refractivity contribution in [1.29, 1.82) is 0 Å². The van der Waals surface area contributed by atoms with Crippen LogP contribution in [0.4, 0.5) is 0 Å². The Labute approximate surface area is 176 Å². The number of unbranched alkanes of at least 4 members (excludes halogenated alkanes) is 2. The summed E-state index contributed by atoms with van der Waals surface area (Å²) in [6, 6.07) is 0. The van der Waals surface area contributed by atoms with Gasteiger partial charge in [0.05, 0.1) is 33.0 Å². The summed E-state index contributed by atoms with van der Waals surface area (Å²) in [5, 5.41) is 0. The molecule has 0 N–H and O–H groups in total. The molecule has 0 aliphatic heterocycles. The minimum atomic E-state index is -4.00. The van der Waals surface area contributed by atoms with Gasteiger partial charge in [0.1, 0.15) is 6.61 Å². The Balaban J connectivity index is 4.39. The van der Waals surface area contributed by atoms with Crippen molar-refractivity contribution in [2.45, 2.75) is 39.5 Å². The van der Waals surface area contributed by atoms with Crippen LogP contribution in [-0.2, 0) is 51.5 Å². The van der Waals surface area contributed by atoms with Crippen molar-refractivity contribution < 1.29 is 51.5 Å². The highest BCUT2D eigenvalue weighted by Gasteiger charge is 2.28. The number of hydrogen-bond donors (Lipinski definition) is 0. The number of rotatable bonds is 21. The van der Waals surface area contributed by atoms with Crippen molar-refractivity contribution in [2.24, 2.45) is 0 Å². The Bertz CT molecular complexity index is 544. The van der Waals surface area contributed by atoms with Crippen LogP contribution >= 0.6 is 7.82 Å². The summed E-state index contributed by atoms with van der Waals surface area (Å²) < 4.78 is 43.1. The number of Topliss-reactive ketones (excluding diaryl/α,β-unsaturated/α-hetero) is 2. The van der Waals surface area contributed by atoms with Crippen LogP contribution in [0.2, 0.25) is 0 Å². The number of hydrogen-bond acceptors (Lipinski definition) is 11. The van der Waals surface area contributed by atoms with Crippen molar-refractivity contribution in [3.8, 4) is 0 Å². The van der Waals surface area contributed by atoms with Gasteiger partial charge < -0.3 is 14.2 Å². The maximum absolute atomic E-state index is 12.6. The number of carbonyl (C=O) groups excluding carboxylic acids is 4. The third-order valence-corrected chi connectivity index (χ3v) is 4.82. The van der Waals surface area contributed by atoms with E-state index in [1.807, 2.05) is 13.8 Å². The molecule has 12 heteroatoms. The van der Waals surface area contributed by atoms with Crippen LogP contribution in [0.1, 0.15) is 39.5 Å². The summed E-state index contributed by atoms with van der Waals surface area (Å²) in [7, 11) is -4.00. The van der Waals surface area contributed by atoms with Gasteiger partial charge in [-0.05, 0) is 12.8 Å². The molecule has 0 amide bonds. The lowest BCUT2D eigenvalue weighted by molar-refractivity contribution is -0.157. The molecule has 0 saturated heterocycles. The molecule has 0 aromatic rings. The van der Waals surface area contributed by atoms with Crippen molar-refractivity contribution in [1.82, 2.24) is 0 Å². The van der Waals surface area contributed by atoms with E-state index in [1.54, 1.807) is 0 Å². The van der Waals surface area contributed by atoms with Gasteiger partial charge in [0.15, 0.2) is 6.29 Å². The molecule has 0 rings (SSSR count). The summed E-state index contributed by atoms with van der Waals surface area (Å²) in [6.07, 6.45) is 3.43. The predicted molar refractivity (Wildman–Crippen MR) is 104 cm³/mol. The van der Waals surface area contributed by atoms with Gasteiger partial charge >= 0.3 is 19.6 Å². The average Bonchev–Trinajstić information content (AvgIpc) is 2.75. The van der Waals surface area contributed by atoms with Crippen LogP contribution in [0.25, 0.3) is 0 Å². The number of esters is 1. The largest absolute Gasteiger partial charge is 0.475 e. The normalized spacial score (nSPS) is 11.3. The van der Waals surface area contributed by atoms with Gasteiger partial charge in [-0.1, -0.05) is 26.7 Å². The molecule has 0 aliphatic rings.